The second-order valence-corrected chi connectivity index (χ2v) is 10.2. The van der Waals surface area contributed by atoms with Crippen LogP contribution in [0.25, 0.3) is 11.4 Å². The minimum Gasteiger partial charge on any atom is -0.489 e. The van der Waals surface area contributed by atoms with Crippen LogP contribution in [0.5, 0.6) is 5.75 Å². The molecule has 32 heavy (non-hydrogen) atoms. The molecule has 2 N–H and O–H groups in total. The molecule has 1 amide bonds. The molecule has 4 aliphatic rings. The van der Waals surface area contributed by atoms with E-state index >= 15 is 0 Å². The quantitative estimate of drug-likeness (QED) is 0.724. The average molecular weight is 435 g/mol. The van der Waals surface area contributed by atoms with Gasteiger partial charge in [-0.05, 0) is 89.9 Å². The van der Waals surface area contributed by atoms with Gasteiger partial charge in [-0.25, -0.2) is 4.98 Å². The number of aromatic nitrogens is 2. The lowest BCUT2D eigenvalue weighted by molar-refractivity contribution is -0.120. The van der Waals surface area contributed by atoms with Crippen molar-refractivity contribution in [1.82, 2.24) is 15.3 Å². The number of carbonyl (C=O) groups excluding carboxylic acids is 1. The molecule has 3 fully saturated rings. The number of carbonyl (C=O) groups is 1. The number of hydrogen-bond donors (Lipinski definition) is 2. The first kappa shape index (κ1) is 20.3. The normalized spacial score (nSPS) is 24.2. The highest BCUT2D eigenvalue weighted by molar-refractivity contribution is 5.99. The van der Waals surface area contributed by atoms with Crippen molar-refractivity contribution in [3.8, 4) is 17.1 Å². The van der Waals surface area contributed by atoms with Gasteiger partial charge in [0, 0.05) is 35.3 Å². The molecule has 1 saturated heterocycles. The number of nitrogens with one attached hydrogen (secondary N) is 2. The summed E-state index contributed by atoms with van der Waals surface area (Å²) in [5.41, 5.74) is 4.53. The molecule has 6 rings (SSSR count). The highest BCUT2D eigenvalue weighted by Crippen LogP contribution is 2.46. The van der Waals surface area contributed by atoms with E-state index in [-0.39, 0.29) is 18.1 Å². The summed E-state index contributed by atoms with van der Waals surface area (Å²) < 4.78 is 6.62. The van der Waals surface area contributed by atoms with Crippen molar-refractivity contribution in [2.45, 2.75) is 82.8 Å². The number of rotatable bonds is 5. The summed E-state index contributed by atoms with van der Waals surface area (Å²) >= 11 is 0. The van der Waals surface area contributed by atoms with E-state index in [4.69, 9.17) is 9.72 Å². The number of nitrogens with zero attached hydrogens (tertiary/aromatic N) is 2. The van der Waals surface area contributed by atoms with Gasteiger partial charge in [0.15, 0.2) is 0 Å². The summed E-state index contributed by atoms with van der Waals surface area (Å²) in [6, 6.07) is 4.51. The molecule has 2 aliphatic heterocycles. The fourth-order valence-corrected chi connectivity index (χ4v) is 5.46. The largest absolute Gasteiger partial charge is 0.489 e. The van der Waals surface area contributed by atoms with Crippen molar-refractivity contribution in [2.75, 3.05) is 18.0 Å². The van der Waals surface area contributed by atoms with Crippen LogP contribution in [0, 0.1) is 5.92 Å². The fourth-order valence-electron chi connectivity index (χ4n) is 5.46. The molecule has 170 valence electrons. The molecular weight excluding hydrogens is 400 g/mol. The van der Waals surface area contributed by atoms with E-state index in [9.17, 15) is 4.79 Å². The maximum absolute atomic E-state index is 13.1. The van der Waals surface area contributed by atoms with Gasteiger partial charge in [0.05, 0.1) is 17.4 Å². The summed E-state index contributed by atoms with van der Waals surface area (Å²) in [5.74, 6) is 2.91. The van der Waals surface area contributed by atoms with Gasteiger partial charge in [-0.2, -0.15) is 0 Å². The van der Waals surface area contributed by atoms with E-state index in [0.29, 0.717) is 11.8 Å². The van der Waals surface area contributed by atoms with Gasteiger partial charge in [0.1, 0.15) is 11.6 Å². The van der Waals surface area contributed by atoms with Crippen LogP contribution in [0.4, 0.5) is 5.69 Å². The van der Waals surface area contributed by atoms with Crippen molar-refractivity contribution in [3.63, 3.8) is 0 Å². The average Bonchev–Trinajstić information content (AvgIpc) is 3.53. The molecule has 0 spiro atoms. The summed E-state index contributed by atoms with van der Waals surface area (Å²) in [6.07, 6.45) is 12.1. The minimum atomic E-state index is 0.219. The molecule has 6 nitrogen and oxygen atoms in total. The number of anilines is 1. The Bertz CT molecular complexity index is 1000. The summed E-state index contributed by atoms with van der Waals surface area (Å²) in [6.45, 7) is 4.31. The van der Waals surface area contributed by atoms with Crippen LogP contribution < -0.4 is 15.0 Å². The summed E-state index contributed by atoms with van der Waals surface area (Å²) in [5, 5.41) is 3.44. The first-order valence-corrected chi connectivity index (χ1v) is 12.6. The molecule has 0 radical (unpaired) electrons. The molecule has 2 saturated carbocycles. The number of imidazole rings is 1. The number of H-pyrrole nitrogens is 1. The third-order valence-corrected chi connectivity index (χ3v) is 7.88. The Hall–Kier alpha value is -2.34. The van der Waals surface area contributed by atoms with E-state index in [1.165, 1.54) is 17.7 Å². The molecule has 1 aromatic heterocycles. The molecule has 2 aliphatic carbocycles. The van der Waals surface area contributed by atoms with E-state index < -0.39 is 0 Å². The number of amides is 1. The Kier molecular flexibility index (Phi) is 5.21. The number of aromatic amines is 1. The van der Waals surface area contributed by atoms with Crippen molar-refractivity contribution >= 4 is 11.6 Å². The lowest BCUT2D eigenvalue weighted by Crippen LogP contribution is -2.43. The topological polar surface area (TPSA) is 70.2 Å². The molecule has 0 bridgehead atoms. The smallest absolute Gasteiger partial charge is 0.230 e. The van der Waals surface area contributed by atoms with Crippen molar-refractivity contribution < 1.29 is 9.53 Å². The molecule has 6 heteroatoms. The molecule has 3 heterocycles. The Morgan fingerprint density at radius 1 is 1.09 bits per heavy atom. The van der Waals surface area contributed by atoms with Gasteiger partial charge >= 0.3 is 0 Å². The first-order chi connectivity index (χ1) is 15.7. The second kappa shape index (κ2) is 8.22. The third kappa shape index (κ3) is 3.62. The number of benzene rings is 1. The number of piperidine rings is 1. The van der Waals surface area contributed by atoms with Gasteiger partial charge < -0.3 is 19.9 Å². The van der Waals surface area contributed by atoms with E-state index in [1.54, 1.807) is 0 Å². The Balaban J connectivity index is 1.39. The second-order valence-electron chi connectivity index (χ2n) is 10.2. The van der Waals surface area contributed by atoms with Crippen LogP contribution in [0.2, 0.25) is 0 Å². The zero-order valence-corrected chi connectivity index (χ0v) is 19.0. The highest BCUT2D eigenvalue weighted by atomic mass is 16.5. The lowest BCUT2D eigenvalue weighted by atomic mass is 9.91. The van der Waals surface area contributed by atoms with Gasteiger partial charge in [-0.3, -0.25) is 4.79 Å². The first-order valence-electron chi connectivity index (χ1n) is 12.6. The number of ether oxygens (including phenoxy) is 1. The predicted octanol–water partition coefficient (Wildman–Crippen LogP) is 4.55. The zero-order valence-electron chi connectivity index (χ0n) is 19.0. The SMILES string of the molecule is CC1CCc2c(ccc(-c3ncc(C4CCNCC4)[nH]3)c2OC2CCC2)N1C(=O)C1CC1. The van der Waals surface area contributed by atoms with E-state index in [0.717, 1.165) is 87.3 Å². The zero-order chi connectivity index (χ0) is 21.7. The van der Waals surface area contributed by atoms with E-state index in [2.05, 4.69) is 34.3 Å². The Morgan fingerprint density at radius 2 is 1.91 bits per heavy atom. The predicted molar refractivity (Wildman–Crippen MR) is 125 cm³/mol. The van der Waals surface area contributed by atoms with Crippen molar-refractivity contribution in [2.24, 2.45) is 5.92 Å². The lowest BCUT2D eigenvalue weighted by Gasteiger charge is -2.38. The molecule has 2 aromatic rings. The van der Waals surface area contributed by atoms with Gasteiger partial charge in [-0.15, -0.1) is 0 Å². The highest BCUT2D eigenvalue weighted by Gasteiger charge is 2.39. The van der Waals surface area contributed by atoms with Crippen LogP contribution in [-0.4, -0.2) is 41.1 Å². The van der Waals surface area contributed by atoms with Gasteiger partial charge in [-0.1, -0.05) is 0 Å². The Labute approximate surface area is 190 Å². The Morgan fingerprint density at radius 3 is 2.62 bits per heavy atom. The standard InChI is InChI=1S/C26H34N4O2/c1-16-5-8-20-23(30(16)26(31)18-6-7-18)10-9-21(24(20)32-19-3-2-4-19)25-28-15-22(29-25)17-11-13-27-14-12-17/h9-10,15-19,27H,2-8,11-14H2,1H3,(H,28,29). The maximum atomic E-state index is 13.1. The number of fused-ring (bicyclic) bond motifs is 1. The van der Waals surface area contributed by atoms with Crippen LogP contribution in [0.15, 0.2) is 18.3 Å². The monoisotopic (exact) mass is 434 g/mol. The summed E-state index contributed by atoms with van der Waals surface area (Å²) in [7, 11) is 0. The number of hydrogen-bond acceptors (Lipinski definition) is 4. The van der Waals surface area contributed by atoms with Crippen molar-refractivity contribution in [1.29, 1.82) is 0 Å². The third-order valence-electron chi connectivity index (χ3n) is 7.88. The van der Waals surface area contributed by atoms with Crippen LogP contribution in [0.3, 0.4) is 0 Å². The van der Waals surface area contributed by atoms with Gasteiger partial charge in [0.2, 0.25) is 5.91 Å². The summed E-state index contributed by atoms with van der Waals surface area (Å²) in [4.78, 5) is 23.6. The molecule has 1 unspecified atom stereocenters. The fraction of sp³-hybridized carbons (Fsp3) is 0.615. The van der Waals surface area contributed by atoms with Crippen LogP contribution >= 0.6 is 0 Å². The van der Waals surface area contributed by atoms with Gasteiger partial charge in [0.25, 0.3) is 0 Å². The maximum Gasteiger partial charge on any atom is 0.230 e. The van der Waals surface area contributed by atoms with E-state index in [1.807, 2.05) is 6.20 Å². The minimum absolute atomic E-state index is 0.219. The van der Waals surface area contributed by atoms with Crippen LogP contribution in [-0.2, 0) is 11.2 Å². The molecular formula is C26H34N4O2. The van der Waals surface area contributed by atoms with Crippen molar-refractivity contribution in [3.05, 3.63) is 29.6 Å². The van der Waals surface area contributed by atoms with Crippen LogP contribution in [0.1, 0.15) is 75.5 Å². The molecule has 1 aromatic carbocycles. The molecule has 1 atom stereocenters.